The third kappa shape index (κ3) is 3.66. The van der Waals surface area contributed by atoms with E-state index in [1.165, 1.54) is 0 Å². The van der Waals surface area contributed by atoms with Crippen molar-refractivity contribution in [2.45, 2.75) is 39.0 Å². The highest BCUT2D eigenvalue weighted by atomic mass is 16.3. The van der Waals surface area contributed by atoms with Gasteiger partial charge in [-0.15, -0.1) is 5.10 Å². The van der Waals surface area contributed by atoms with Crippen LogP contribution in [0.4, 0.5) is 10.6 Å². The second-order valence-corrected chi connectivity index (χ2v) is 6.52. The van der Waals surface area contributed by atoms with Gasteiger partial charge in [0.05, 0.1) is 12.3 Å². The molecule has 0 aromatic carbocycles. The molecule has 1 aromatic heterocycles. The Morgan fingerprint density at radius 1 is 1.35 bits per heavy atom. The van der Waals surface area contributed by atoms with E-state index in [-0.39, 0.29) is 23.5 Å². The molecule has 0 radical (unpaired) electrons. The molecule has 20 heavy (non-hydrogen) atoms. The number of nitrogens with one attached hydrogen (secondary N) is 2. The summed E-state index contributed by atoms with van der Waals surface area (Å²) in [5, 5.41) is 22.7. The van der Waals surface area contributed by atoms with Crippen molar-refractivity contribution >= 4 is 11.8 Å². The predicted molar refractivity (Wildman–Crippen MR) is 76.5 cm³/mol. The Morgan fingerprint density at radius 3 is 2.50 bits per heavy atom. The Morgan fingerprint density at radius 2 is 2.05 bits per heavy atom. The Balaban J connectivity index is 1.85. The molecule has 1 fully saturated rings. The van der Waals surface area contributed by atoms with Gasteiger partial charge in [0.1, 0.15) is 0 Å². The van der Waals surface area contributed by atoms with E-state index >= 15 is 0 Å². The average Bonchev–Trinajstić information content (AvgIpc) is 3.17. The number of rotatable bonds is 4. The largest absolute Gasteiger partial charge is 0.396 e. The van der Waals surface area contributed by atoms with Crippen LogP contribution in [0.5, 0.6) is 0 Å². The zero-order valence-electron chi connectivity index (χ0n) is 12.2. The van der Waals surface area contributed by atoms with E-state index in [1.54, 1.807) is 6.07 Å². The standard InChI is InChI=1S/C14H22N4O2/c1-13(2,3)10-4-5-11(18-17-10)16-12(20)15-8-14(9-19)6-7-14/h4-5,19H,6-9H2,1-3H3,(H2,15,16,18,20). The zero-order chi connectivity index (χ0) is 14.8. The summed E-state index contributed by atoms with van der Waals surface area (Å²) < 4.78 is 0. The van der Waals surface area contributed by atoms with Gasteiger partial charge in [0.25, 0.3) is 0 Å². The maximum atomic E-state index is 11.7. The molecule has 1 aliphatic carbocycles. The minimum absolute atomic E-state index is 0.0622. The third-order valence-electron chi connectivity index (χ3n) is 3.59. The fourth-order valence-corrected chi connectivity index (χ4v) is 1.79. The summed E-state index contributed by atoms with van der Waals surface area (Å²) >= 11 is 0. The lowest BCUT2D eigenvalue weighted by molar-refractivity contribution is 0.206. The maximum absolute atomic E-state index is 11.7. The van der Waals surface area contributed by atoms with Crippen LogP contribution in [0.2, 0.25) is 0 Å². The van der Waals surface area contributed by atoms with Crippen molar-refractivity contribution in [3.05, 3.63) is 17.8 Å². The molecule has 1 saturated carbocycles. The first kappa shape index (κ1) is 14.7. The maximum Gasteiger partial charge on any atom is 0.320 e. The molecular weight excluding hydrogens is 256 g/mol. The van der Waals surface area contributed by atoms with Crippen LogP contribution < -0.4 is 10.6 Å². The van der Waals surface area contributed by atoms with Crippen LogP contribution in [0.15, 0.2) is 12.1 Å². The van der Waals surface area contributed by atoms with Crippen molar-refractivity contribution in [1.82, 2.24) is 15.5 Å². The topological polar surface area (TPSA) is 87.1 Å². The molecule has 0 unspecified atom stereocenters. The first-order valence-corrected chi connectivity index (χ1v) is 6.85. The summed E-state index contributed by atoms with van der Waals surface area (Å²) in [6.07, 6.45) is 1.92. The van der Waals surface area contributed by atoms with Crippen LogP contribution in [0.1, 0.15) is 39.3 Å². The van der Waals surface area contributed by atoms with Gasteiger partial charge >= 0.3 is 6.03 Å². The minimum atomic E-state index is -0.317. The zero-order valence-corrected chi connectivity index (χ0v) is 12.2. The molecule has 6 nitrogen and oxygen atoms in total. The van der Waals surface area contributed by atoms with Crippen LogP contribution in [0, 0.1) is 5.41 Å². The van der Waals surface area contributed by atoms with Crippen LogP contribution >= 0.6 is 0 Å². The molecule has 0 saturated heterocycles. The molecule has 2 rings (SSSR count). The van der Waals surface area contributed by atoms with E-state index in [0.717, 1.165) is 18.5 Å². The summed E-state index contributed by atoms with van der Waals surface area (Å²) in [6.45, 7) is 6.78. The number of aliphatic hydroxyl groups is 1. The van der Waals surface area contributed by atoms with Gasteiger partial charge in [-0.1, -0.05) is 20.8 Å². The highest BCUT2D eigenvalue weighted by Gasteiger charge is 2.42. The number of urea groups is 1. The highest BCUT2D eigenvalue weighted by molar-refractivity contribution is 5.88. The number of carbonyl (C=O) groups excluding carboxylic acids is 1. The van der Waals surface area contributed by atoms with Gasteiger partial charge in [-0.25, -0.2) is 4.79 Å². The number of carbonyl (C=O) groups is 1. The Labute approximate surface area is 119 Å². The van der Waals surface area contributed by atoms with E-state index in [4.69, 9.17) is 0 Å². The second kappa shape index (κ2) is 5.36. The Kier molecular flexibility index (Phi) is 3.94. The molecule has 0 bridgehead atoms. The Hall–Kier alpha value is -1.69. The molecule has 0 spiro atoms. The lowest BCUT2D eigenvalue weighted by atomic mass is 9.92. The number of hydrogen-bond acceptors (Lipinski definition) is 4. The fourth-order valence-electron chi connectivity index (χ4n) is 1.79. The quantitative estimate of drug-likeness (QED) is 0.782. The lowest BCUT2D eigenvalue weighted by Gasteiger charge is -2.17. The predicted octanol–water partition coefficient (Wildman–Crippen LogP) is 1.67. The summed E-state index contributed by atoms with van der Waals surface area (Å²) in [7, 11) is 0. The van der Waals surface area contributed by atoms with Gasteiger partial charge in [-0.3, -0.25) is 5.32 Å². The van der Waals surface area contributed by atoms with E-state index in [1.807, 2.05) is 6.07 Å². The van der Waals surface area contributed by atoms with E-state index in [0.29, 0.717) is 12.4 Å². The summed E-state index contributed by atoms with van der Waals surface area (Å²) in [5.74, 6) is 0.421. The number of aromatic nitrogens is 2. The molecular formula is C14H22N4O2. The van der Waals surface area contributed by atoms with Gasteiger partial charge in [-0.2, -0.15) is 5.10 Å². The normalized spacial score (nSPS) is 16.6. The molecule has 1 aromatic rings. The van der Waals surface area contributed by atoms with Gasteiger partial charge in [0.2, 0.25) is 0 Å². The number of hydrogen-bond donors (Lipinski definition) is 3. The summed E-state index contributed by atoms with van der Waals surface area (Å²) in [4.78, 5) is 11.7. The van der Waals surface area contributed by atoms with Crippen molar-refractivity contribution in [3.63, 3.8) is 0 Å². The van der Waals surface area contributed by atoms with E-state index in [2.05, 4.69) is 41.6 Å². The molecule has 110 valence electrons. The van der Waals surface area contributed by atoms with Crippen molar-refractivity contribution in [1.29, 1.82) is 0 Å². The molecule has 0 aliphatic heterocycles. The van der Waals surface area contributed by atoms with Crippen LogP contribution in [0.25, 0.3) is 0 Å². The lowest BCUT2D eigenvalue weighted by Crippen LogP contribution is -2.35. The molecule has 1 aliphatic rings. The average molecular weight is 278 g/mol. The van der Waals surface area contributed by atoms with E-state index < -0.39 is 0 Å². The van der Waals surface area contributed by atoms with Gasteiger partial charge in [0.15, 0.2) is 5.82 Å². The summed E-state index contributed by atoms with van der Waals surface area (Å²) in [6, 6.07) is 3.28. The molecule has 2 amide bonds. The van der Waals surface area contributed by atoms with Gasteiger partial charge in [-0.05, 0) is 25.0 Å². The fraction of sp³-hybridized carbons (Fsp3) is 0.643. The van der Waals surface area contributed by atoms with Gasteiger partial charge in [0, 0.05) is 17.4 Å². The number of anilines is 1. The molecule has 3 N–H and O–H groups in total. The van der Waals surface area contributed by atoms with Crippen molar-refractivity contribution in [2.75, 3.05) is 18.5 Å². The van der Waals surface area contributed by atoms with Crippen molar-refractivity contribution < 1.29 is 9.90 Å². The van der Waals surface area contributed by atoms with E-state index in [9.17, 15) is 9.90 Å². The molecule has 0 atom stereocenters. The Bertz CT molecular complexity index is 475. The second-order valence-electron chi connectivity index (χ2n) is 6.52. The van der Waals surface area contributed by atoms with Gasteiger partial charge < -0.3 is 10.4 Å². The van der Waals surface area contributed by atoms with Crippen molar-refractivity contribution in [2.24, 2.45) is 5.41 Å². The smallest absolute Gasteiger partial charge is 0.320 e. The highest BCUT2D eigenvalue weighted by Crippen LogP contribution is 2.44. The first-order valence-electron chi connectivity index (χ1n) is 6.85. The molecule has 6 heteroatoms. The minimum Gasteiger partial charge on any atom is -0.396 e. The number of nitrogens with zero attached hydrogens (tertiary/aromatic N) is 2. The first-order chi connectivity index (χ1) is 9.35. The molecule has 1 heterocycles. The number of amides is 2. The van der Waals surface area contributed by atoms with Crippen molar-refractivity contribution in [3.8, 4) is 0 Å². The van der Waals surface area contributed by atoms with Crippen LogP contribution in [-0.2, 0) is 5.41 Å². The summed E-state index contributed by atoms with van der Waals surface area (Å²) in [5.41, 5.74) is 0.715. The third-order valence-corrected chi connectivity index (χ3v) is 3.59. The number of aliphatic hydroxyl groups excluding tert-OH is 1. The SMILES string of the molecule is CC(C)(C)c1ccc(NC(=O)NCC2(CO)CC2)nn1. The monoisotopic (exact) mass is 278 g/mol. The van der Waals surface area contributed by atoms with Crippen LogP contribution in [0.3, 0.4) is 0 Å². The van der Waals surface area contributed by atoms with Crippen LogP contribution in [-0.4, -0.2) is 34.5 Å².